The summed E-state index contributed by atoms with van der Waals surface area (Å²) < 4.78 is 5.27. The van der Waals surface area contributed by atoms with Crippen molar-refractivity contribution in [3.63, 3.8) is 0 Å². The van der Waals surface area contributed by atoms with E-state index >= 15 is 0 Å². The molecule has 1 aliphatic heterocycles. The molecule has 1 fully saturated rings. The topological polar surface area (TPSA) is 90.3 Å². The number of ether oxygens (including phenoxy) is 1. The van der Waals surface area contributed by atoms with E-state index < -0.39 is 17.7 Å². The Morgan fingerprint density at radius 2 is 1.81 bits per heavy atom. The van der Waals surface area contributed by atoms with Crippen LogP contribution >= 0.6 is 0 Å². The van der Waals surface area contributed by atoms with Crippen LogP contribution in [0.15, 0.2) is 48.0 Å². The number of Topliss-reactive ketones (excluding diaryl/α,β-unsaturated/α-hetero) is 1. The number of benzene rings is 2. The average molecular weight is 424 g/mol. The fourth-order valence-corrected chi connectivity index (χ4v) is 3.85. The minimum Gasteiger partial charge on any atom is -0.508 e. The van der Waals surface area contributed by atoms with Crippen LogP contribution in [0, 0.1) is 6.92 Å². The summed E-state index contributed by atoms with van der Waals surface area (Å²) in [6.07, 6.45) is 0.677. The fraction of sp³-hybridized carbons (Fsp3) is 0.333. The van der Waals surface area contributed by atoms with Crippen molar-refractivity contribution in [1.82, 2.24) is 9.80 Å². The van der Waals surface area contributed by atoms with Crippen LogP contribution in [0.5, 0.6) is 11.5 Å². The molecule has 2 aromatic rings. The lowest BCUT2D eigenvalue weighted by molar-refractivity contribution is -0.139. The highest BCUT2D eigenvalue weighted by atomic mass is 16.5. The number of aliphatic hydroxyl groups excluding tert-OH is 1. The molecule has 1 heterocycles. The molecule has 0 bridgehead atoms. The third-order valence-corrected chi connectivity index (χ3v) is 5.42. The number of carbonyl (C=O) groups excluding carboxylic acids is 2. The second-order valence-electron chi connectivity index (χ2n) is 7.93. The van der Waals surface area contributed by atoms with Gasteiger partial charge in [-0.15, -0.1) is 0 Å². The standard InChI is InChI=1S/C24H28N2O5/c1-15-14-17(8-11-19(15)31-4)22(28)20-21(16-6-9-18(27)10-7-16)26(24(30)23(20)29)13-5-12-25(2)3/h6-11,14,21,27-28H,5,12-13H2,1-4H3/t21-/m0/s1. The van der Waals surface area contributed by atoms with Crippen molar-refractivity contribution >= 4 is 17.4 Å². The van der Waals surface area contributed by atoms with E-state index in [0.29, 0.717) is 29.8 Å². The Morgan fingerprint density at radius 3 is 2.39 bits per heavy atom. The van der Waals surface area contributed by atoms with Crippen molar-refractivity contribution in [2.45, 2.75) is 19.4 Å². The second-order valence-corrected chi connectivity index (χ2v) is 7.93. The van der Waals surface area contributed by atoms with Crippen LogP contribution in [0.3, 0.4) is 0 Å². The second kappa shape index (κ2) is 9.22. The van der Waals surface area contributed by atoms with E-state index in [1.165, 1.54) is 17.0 Å². The molecular weight excluding hydrogens is 396 g/mol. The maximum Gasteiger partial charge on any atom is 0.295 e. The molecule has 0 unspecified atom stereocenters. The molecule has 7 heteroatoms. The minimum atomic E-state index is -0.731. The number of aromatic hydroxyl groups is 1. The van der Waals surface area contributed by atoms with Gasteiger partial charge in [-0.1, -0.05) is 12.1 Å². The SMILES string of the molecule is COc1ccc(C(O)=C2C(=O)C(=O)N(CCCN(C)C)[C@H]2c2ccc(O)cc2)cc1C. The molecule has 0 radical (unpaired) electrons. The lowest BCUT2D eigenvalue weighted by atomic mass is 9.94. The zero-order valence-electron chi connectivity index (χ0n) is 18.3. The summed E-state index contributed by atoms with van der Waals surface area (Å²) in [6.45, 7) is 2.96. The number of hydrogen-bond donors (Lipinski definition) is 2. The van der Waals surface area contributed by atoms with Gasteiger partial charge in [-0.05, 0) is 75.4 Å². The van der Waals surface area contributed by atoms with E-state index in [0.717, 1.165) is 12.1 Å². The van der Waals surface area contributed by atoms with Crippen LogP contribution in [-0.2, 0) is 9.59 Å². The van der Waals surface area contributed by atoms with Gasteiger partial charge in [0, 0.05) is 12.1 Å². The number of aryl methyl sites for hydroxylation is 1. The summed E-state index contributed by atoms with van der Waals surface area (Å²) in [6, 6.07) is 10.7. The number of phenols is 1. The van der Waals surface area contributed by atoms with Crippen molar-refractivity contribution in [3.8, 4) is 11.5 Å². The lowest BCUT2D eigenvalue weighted by Crippen LogP contribution is -2.32. The fourth-order valence-electron chi connectivity index (χ4n) is 3.85. The van der Waals surface area contributed by atoms with Gasteiger partial charge in [-0.25, -0.2) is 0 Å². The summed E-state index contributed by atoms with van der Waals surface area (Å²) in [5, 5.41) is 20.8. The van der Waals surface area contributed by atoms with E-state index in [1.807, 2.05) is 25.9 Å². The van der Waals surface area contributed by atoms with Crippen molar-refractivity contribution < 1.29 is 24.5 Å². The number of phenolic OH excluding ortho intramolecular Hbond substituents is 1. The zero-order valence-corrected chi connectivity index (χ0v) is 18.3. The Kier molecular flexibility index (Phi) is 6.65. The van der Waals surface area contributed by atoms with Gasteiger partial charge in [0.15, 0.2) is 0 Å². The Balaban J connectivity index is 2.10. The number of rotatable bonds is 7. The van der Waals surface area contributed by atoms with E-state index in [2.05, 4.69) is 0 Å². The molecule has 1 saturated heterocycles. The van der Waals surface area contributed by atoms with E-state index in [1.54, 1.807) is 37.4 Å². The predicted molar refractivity (Wildman–Crippen MR) is 118 cm³/mol. The number of likely N-dealkylation sites (tertiary alicyclic amines) is 1. The van der Waals surface area contributed by atoms with Crippen LogP contribution in [-0.4, -0.2) is 66.0 Å². The molecular formula is C24H28N2O5. The number of carbonyl (C=O) groups is 2. The van der Waals surface area contributed by atoms with Crippen molar-refractivity contribution in [2.24, 2.45) is 0 Å². The third kappa shape index (κ3) is 4.56. The molecule has 1 atom stereocenters. The molecule has 164 valence electrons. The molecule has 0 aromatic heterocycles. The Bertz CT molecular complexity index is 1010. The van der Waals surface area contributed by atoms with Crippen molar-refractivity contribution in [2.75, 3.05) is 34.3 Å². The molecule has 0 spiro atoms. The molecule has 3 rings (SSSR count). The summed E-state index contributed by atoms with van der Waals surface area (Å²) in [5.74, 6) is -0.829. The van der Waals surface area contributed by atoms with E-state index in [9.17, 15) is 19.8 Å². The largest absolute Gasteiger partial charge is 0.508 e. The van der Waals surface area contributed by atoms with Crippen LogP contribution in [0.2, 0.25) is 0 Å². The van der Waals surface area contributed by atoms with Crippen LogP contribution < -0.4 is 4.74 Å². The summed E-state index contributed by atoms with van der Waals surface area (Å²) >= 11 is 0. The smallest absolute Gasteiger partial charge is 0.295 e. The predicted octanol–water partition coefficient (Wildman–Crippen LogP) is 3.08. The summed E-state index contributed by atoms with van der Waals surface area (Å²) in [5.41, 5.74) is 1.93. The maximum absolute atomic E-state index is 13.0. The third-order valence-electron chi connectivity index (χ3n) is 5.42. The van der Waals surface area contributed by atoms with Gasteiger partial charge in [0.25, 0.3) is 11.7 Å². The summed E-state index contributed by atoms with van der Waals surface area (Å²) in [7, 11) is 5.45. The van der Waals surface area contributed by atoms with Gasteiger partial charge in [-0.2, -0.15) is 0 Å². The number of amides is 1. The Hall–Kier alpha value is -3.32. The highest BCUT2D eigenvalue weighted by Crippen LogP contribution is 2.40. The molecule has 2 aromatic carbocycles. The molecule has 0 saturated carbocycles. The van der Waals surface area contributed by atoms with Crippen LogP contribution in [0.1, 0.15) is 29.2 Å². The van der Waals surface area contributed by atoms with Gasteiger partial charge in [0.2, 0.25) is 0 Å². The Labute approximate surface area is 182 Å². The van der Waals surface area contributed by atoms with Gasteiger partial charge in [0.1, 0.15) is 17.3 Å². The first-order valence-electron chi connectivity index (χ1n) is 10.1. The maximum atomic E-state index is 13.0. The molecule has 1 amide bonds. The first-order chi connectivity index (χ1) is 14.7. The lowest BCUT2D eigenvalue weighted by Gasteiger charge is -2.26. The highest BCUT2D eigenvalue weighted by molar-refractivity contribution is 6.46. The number of aliphatic hydroxyl groups is 1. The molecule has 31 heavy (non-hydrogen) atoms. The number of methoxy groups -OCH3 is 1. The summed E-state index contributed by atoms with van der Waals surface area (Å²) in [4.78, 5) is 29.4. The quantitative estimate of drug-likeness (QED) is 0.403. The van der Waals surface area contributed by atoms with E-state index in [4.69, 9.17) is 4.74 Å². The number of hydrogen-bond acceptors (Lipinski definition) is 6. The van der Waals surface area contributed by atoms with Crippen molar-refractivity contribution in [3.05, 3.63) is 64.7 Å². The van der Waals surface area contributed by atoms with Crippen LogP contribution in [0.4, 0.5) is 0 Å². The van der Waals surface area contributed by atoms with Gasteiger partial charge in [-0.3, -0.25) is 9.59 Å². The highest BCUT2D eigenvalue weighted by Gasteiger charge is 2.45. The van der Waals surface area contributed by atoms with Gasteiger partial charge < -0.3 is 24.7 Å². The number of ketones is 1. The van der Waals surface area contributed by atoms with Crippen molar-refractivity contribution in [1.29, 1.82) is 0 Å². The Morgan fingerprint density at radius 1 is 1.13 bits per heavy atom. The first kappa shape index (κ1) is 22.4. The monoisotopic (exact) mass is 424 g/mol. The molecule has 2 N–H and O–H groups in total. The minimum absolute atomic E-state index is 0.0464. The molecule has 1 aliphatic rings. The first-order valence-corrected chi connectivity index (χ1v) is 10.1. The molecule has 7 nitrogen and oxygen atoms in total. The molecule has 0 aliphatic carbocycles. The van der Waals surface area contributed by atoms with Gasteiger partial charge in [0.05, 0.1) is 18.7 Å². The van der Waals surface area contributed by atoms with E-state index in [-0.39, 0.29) is 17.1 Å². The number of nitrogens with zero attached hydrogens (tertiary/aromatic N) is 2. The normalized spacial score (nSPS) is 18.1. The van der Waals surface area contributed by atoms with Crippen LogP contribution in [0.25, 0.3) is 5.76 Å². The zero-order chi connectivity index (χ0) is 22.7. The average Bonchev–Trinajstić information content (AvgIpc) is 2.98. The van der Waals surface area contributed by atoms with Gasteiger partial charge >= 0.3 is 0 Å².